The van der Waals surface area contributed by atoms with E-state index in [9.17, 15) is 0 Å². The van der Waals surface area contributed by atoms with E-state index in [0.29, 0.717) is 12.5 Å². The van der Waals surface area contributed by atoms with E-state index < -0.39 is 0 Å². The Hall–Kier alpha value is -1.31. The van der Waals surface area contributed by atoms with Gasteiger partial charge < -0.3 is 5.73 Å². The lowest BCUT2D eigenvalue weighted by Crippen LogP contribution is -2.19. The molecule has 2 aromatic carbocycles. The van der Waals surface area contributed by atoms with Crippen LogP contribution in [0.25, 0.3) is 0 Å². The third-order valence-corrected chi connectivity index (χ3v) is 3.79. The molecule has 0 aliphatic carbocycles. The largest absolute Gasteiger partial charge is 0.330 e. The molecule has 0 heterocycles. The molecule has 100 valence electrons. The van der Waals surface area contributed by atoms with Crippen molar-refractivity contribution >= 4 is 11.6 Å². The van der Waals surface area contributed by atoms with Gasteiger partial charge in [-0.05, 0) is 61.1 Å². The van der Waals surface area contributed by atoms with Crippen LogP contribution in [0.15, 0.2) is 48.5 Å². The van der Waals surface area contributed by atoms with E-state index in [2.05, 4.69) is 43.3 Å². The lowest BCUT2D eigenvalue weighted by atomic mass is 9.91. The minimum absolute atomic E-state index is 0.474. The van der Waals surface area contributed by atoms with Crippen LogP contribution in [0.2, 0.25) is 5.02 Å². The summed E-state index contributed by atoms with van der Waals surface area (Å²) in [7, 11) is 0. The second-order valence-corrected chi connectivity index (χ2v) is 5.50. The Morgan fingerprint density at radius 1 is 1.00 bits per heavy atom. The van der Waals surface area contributed by atoms with Crippen molar-refractivity contribution in [2.75, 3.05) is 6.54 Å². The first kappa shape index (κ1) is 14.1. The fraction of sp³-hybridized carbons (Fsp3) is 0.294. The molecule has 0 saturated heterocycles. The molecule has 2 heteroatoms. The summed E-state index contributed by atoms with van der Waals surface area (Å²) in [5.41, 5.74) is 9.96. The summed E-state index contributed by atoms with van der Waals surface area (Å²) in [5.74, 6) is 0.474. The van der Waals surface area contributed by atoms with Gasteiger partial charge in [-0.15, -0.1) is 0 Å². The van der Waals surface area contributed by atoms with Gasteiger partial charge in [0.05, 0.1) is 0 Å². The highest BCUT2D eigenvalue weighted by atomic mass is 35.5. The van der Waals surface area contributed by atoms with Crippen LogP contribution >= 0.6 is 11.6 Å². The molecule has 0 bridgehead atoms. The van der Waals surface area contributed by atoms with E-state index in [1.165, 1.54) is 16.7 Å². The molecular weight excluding hydrogens is 254 g/mol. The number of rotatable bonds is 5. The fourth-order valence-corrected chi connectivity index (χ4v) is 2.47. The van der Waals surface area contributed by atoms with Crippen molar-refractivity contribution in [1.29, 1.82) is 0 Å². The van der Waals surface area contributed by atoms with Crippen molar-refractivity contribution in [2.45, 2.75) is 19.8 Å². The molecule has 1 unspecified atom stereocenters. The lowest BCUT2D eigenvalue weighted by Gasteiger charge is -2.16. The highest BCUT2D eigenvalue weighted by Gasteiger charge is 2.10. The molecule has 2 aromatic rings. The Balaban J connectivity index is 2.05. The summed E-state index contributed by atoms with van der Waals surface area (Å²) < 4.78 is 0. The van der Waals surface area contributed by atoms with E-state index in [1.54, 1.807) is 0 Å². The van der Waals surface area contributed by atoms with Crippen LogP contribution in [0.4, 0.5) is 0 Å². The summed E-state index contributed by atoms with van der Waals surface area (Å²) in [6.45, 7) is 2.86. The summed E-state index contributed by atoms with van der Waals surface area (Å²) in [4.78, 5) is 0. The van der Waals surface area contributed by atoms with Gasteiger partial charge in [-0.2, -0.15) is 0 Å². The average Bonchev–Trinajstić information content (AvgIpc) is 2.43. The van der Waals surface area contributed by atoms with Crippen LogP contribution in [0.3, 0.4) is 0 Å². The molecule has 1 atom stereocenters. The van der Waals surface area contributed by atoms with Gasteiger partial charge in [-0.25, -0.2) is 0 Å². The van der Waals surface area contributed by atoms with E-state index in [0.717, 1.165) is 17.9 Å². The molecule has 0 saturated carbocycles. The summed E-state index contributed by atoms with van der Waals surface area (Å²) in [6.07, 6.45) is 2.04. The van der Waals surface area contributed by atoms with Crippen molar-refractivity contribution in [2.24, 2.45) is 11.7 Å². The quantitative estimate of drug-likeness (QED) is 0.875. The van der Waals surface area contributed by atoms with Gasteiger partial charge in [0.25, 0.3) is 0 Å². The van der Waals surface area contributed by atoms with Crippen LogP contribution in [0, 0.1) is 12.8 Å². The zero-order valence-electron chi connectivity index (χ0n) is 11.3. The normalized spacial score (nSPS) is 12.4. The molecular formula is C17H20ClN. The molecule has 0 aromatic heterocycles. The maximum Gasteiger partial charge on any atom is 0.0406 e. The van der Waals surface area contributed by atoms with Gasteiger partial charge in [-0.3, -0.25) is 0 Å². The van der Waals surface area contributed by atoms with Gasteiger partial charge in [0.15, 0.2) is 0 Å². The smallest absolute Gasteiger partial charge is 0.0406 e. The van der Waals surface area contributed by atoms with Crippen molar-refractivity contribution in [3.05, 3.63) is 70.2 Å². The number of halogens is 1. The van der Waals surface area contributed by atoms with Crippen LogP contribution in [0.5, 0.6) is 0 Å². The first-order chi connectivity index (χ1) is 9.19. The first-order valence-electron chi connectivity index (χ1n) is 6.68. The third-order valence-electron chi connectivity index (χ3n) is 3.54. The van der Waals surface area contributed by atoms with E-state index >= 15 is 0 Å². The number of hydrogen-bond donors (Lipinski definition) is 1. The van der Waals surface area contributed by atoms with Crippen LogP contribution in [-0.4, -0.2) is 6.54 Å². The molecule has 1 nitrogen and oxygen atoms in total. The number of aryl methyl sites for hydroxylation is 1. The van der Waals surface area contributed by atoms with Crippen molar-refractivity contribution in [1.82, 2.24) is 0 Å². The zero-order valence-corrected chi connectivity index (χ0v) is 12.0. The van der Waals surface area contributed by atoms with Crippen LogP contribution < -0.4 is 5.73 Å². The Kier molecular flexibility index (Phi) is 5.00. The predicted octanol–water partition coefficient (Wildman–Crippen LogP) is 4.01. The average molecular weight is 274 g/mol. The maximum absolute atomic E-state index is 5.92. The second kappa shape index (κ2) is 6.74. The lowest BCUT2D eigenvalue weighted by molar-refractivity contribution is 0.532. The molecule has 0 aliphatic heterocycles. The van der Waals surface area contributed by atoms with Crippen LogP contribution in [0.1, 0.15) is 16.7 Å². The third kappa shape index (κ3) is 4.09. The molecule has 2 rings (SSSR count). The first-order valence-corrected chi connectivity index (χ1v) is 7.06. The Labute approximate surface area is 120 Å². The minimum atomic E-state index is 0.474. The van der Waals surface area contributed by atoms with E-state index in [1.807, 2.05) is 12.1 Å². The monoisotopic (exact) mass is 273 g/mol. The van der Waals surface area contributed by atoms with Crippen LogP contribution in [-0.2, 0) is 12.8 Å². The summed E-state index contributed by atoms with van der Waals surface area (Å²) >= 11 is 5.91. The SMILES string of the molecule is Cc1ccccc1CC(CN)Cc1ccc(Cl)cc1. The number of hydrogen-bond acceptors (Lipinski definition) is 1. The van der Waals surface area contributed by atoms with Gasteiger partial charge in [-0.1, -0.05) is 48.0 Å². The van der Waals surface area contributed by atoms with Crippen molar-refractivity contribution < 1.29 is 0 Å². The Morgan fingerprint density at radius 2 is 1.68 bits per heavy atom. The summed E-state index contributed by atoms with van der Waals surface area (Å²) in [6, 6.07) is 16.6. The van der Waals surface area contributed by atoms with Gasteiger partial charge >= 0.3 is 0 Å². The van der Waals surface area contributed by atoms with Crippen molar-refractivity contribution in [3.8, 4) is 0 Å². The molecule has 0 spiro atoms. The van der Waals surface area contributed by atoms with Gasteiger partial charge in [0.1, 0.15) is 0 Å². The van der Waals surface area contributed by atoms with E-state index in [-0.39, 0.29) is 0 Å². The second-order valence-electron chi connectivity index (χ2n) is 5.06. The highest BCUT2D eigenvalue weighted by molar-refractivity contribution is 6.30. The molecule has 0 amide bonds. The molecule has 0 radical (unpaired) electrons. The van der Waals surface area contributed by atoms with Crippen molar-refractivity contribution in [3.63, 3.8) is 0 Å². The Morgan fingerprint density at radius 3 is 2.32 bits per heavy atom. The predicted molar refractivity (Wildman–Crippen MR) is 82.6 cm³/mol. The van der Waals surface area contributed by atoms with Gasteiger partial charge in [0.2, 0.25) is 0 Å². The van der Waals surface area contributed by atoms with E-state index in [4.69, 9.17) is 17.3 Å². The molecule has 19 heavy (non-hydrogen) atoms. The fourth-order valence-electron chi connectivity index (χ4n) is 2.34. The summed E-state index contributed by atoms with van der Waals surface area (Å²) in [5, 5.41) is 0.784. The maximum atomic E-state index is 5.92. The standard InChI is InChI=1S/C17H20ClN/c1-13-4-2-3-5-16(13)11-15(12-19)10-14-6-8-17(18)9-7-14/h2-9,15H,10-12,19H2,1H3. The molecule has 2 N–H and O–H groups in total. The Bertz CT molecular complexity index is 519. The highest BCUT2D eigenvalue weighted by Crippen LogP contribution is 2.18. The number of nitrogens with two attached hydrogens (primary N) is 1. The van der Waals surface area contributed by atoms with Gasteiger partial charge in [0, 0.05) is 5.02 Å². The topological polar surface area (TPSA) is 26.0 Å². The minimum Gasteiger partial charge on any atom is -0.330 e. The molecule has 0 aliphatic rings. The molecule has 0 fully saturated rings. The zero-order chi connectivity index (χ0) is 13.7. The number of benzene rings is 2.